The maximum absolute atomic E-state index is 11.9. The molecule has 252 valence electrons. The Morgan fingerprint density at radius 2 is 0.833 bits per heavy atom. The molecule has 0 aliphatic heterocycles. The van der Waals surface area contributed by atoms with Crippen LogP contribution in [0.25, 0.3) is 0 Å². The first-order valence-electron chi connectivity index (χ1n) is 13.7. The molecule has 0 unspecified atom stereocenters. The van der Waals surface area contributed by atoms with Crippen molar-refractivity contribution in [3.63, 3.8) is 0 Å². The predicted octanol–water partition coefficient (Wildman–Crippen LogP) is 9.98. The van der Waals surface area contributed by atoms with Crippen molar-refractivity contribution in [2.75, 3.05) is 13.2 Å². The lowest BCUT2D eigenvalue weighted by Gasteiger charge is -2.16. The van der Waals surface area contributed by atoms with Gasteiger partial charge in [0.05, 0.1) is 42.5 Å². The number of carbonyl (C=O) groups excluding carboxylic acids is 2. The van der Waals surface area contributed by atoms with E-state index in [1.165, 1.54) is 48.5 Å². The molecule has 0 saturated carbocycles. The van der Waals surface area contributed by atoms with E-state index in [1.807, 2.05) is 0 Å². The highest BCUT2D eigenvalue weighted by Gasteiger charge is 2.23. The number of esters is 2. The van der Waals surface area contributed by atoms with Gasteiger partial charge in [0.15, 0.2) is 0 Å². The summed E-state index contributed by atoms with van der Waals surface area (Å²) < 4.78 is 10.2. The van der Waals surface area contributed by atoms with Gasteiger partial charge < -0.3 is 9.47 Å². The van der Waals surface area contributed by atoms with Gasteiger partial charge in [0, 0.05) is 34.3 Å². The third-order valence-corrected chi connectivity index (χ3v) is 9.02. The first-order chi connectivity index (χ1) is 22.8. The number of nitro benzene ring substituents is 2. The average Bonchev–Trinajstić information content (AvgIpc) is 3.09. The molecular formula is C32H24Cl6N2O8. The fourth-order valence-electron chi connectivity index (χ4n) is 3.80. The topological polar surface area (TPSA) is 139 Å². The van der Waals surface area contributed by atoms with Crippen molar-refractivity contribution in [1.82, 2.24) is 0 Å². The zero-order chi connectivity index (χ0) is 35.4. The normalized spacial score (nSPS) is 13.1. The second-order valence-electron chi connectivity index (χ2n) is 9.74. The maximum Gasteiger partial charge on any atom is 0.338 e. The highest BCUT2D eigenvalue weighted by Crippen LogP contribution is 2.30. The van der Waals surface area contributed by atoms with Crippen LogP contribution in [0.4, 0.5) is 11.4 Å². The van der Waals surface area contributed by atoms with Crippen LogP contribution < -0.4 is 0 Å². The van der Waals surface area contributed by atoms with Crippen molar-refractivity contribution in [2.45, 2.75) is 21.5 Å². The minimum Gasteiger partial charge on any atom is -0.460 e. The highest BCUT2D eigenvalue weighted by molar-refractivity contribution is 6.32. The van der Waals surface area contributed by atoms with Gasteiger partial charge in [0.25, 0.3) is 11.4 Å². The SMILES string of the molecule is O=C(OC[C@H](Cl)[C@H](Cl)c1ccc(Cl)cc1)c1ccc([N+](=O)[O-])cc1.O=C(OC[C@H](Cl)[C@H](Cl)c1ccc(Cl)cc1)c1ccc([N+](=O)[O-])cc1. The first-order valence-corrected chi connectivity index (χ1v) is 16.2. The van der Waals surface area contributed by atoms with Crippen molar-refractivity contribution in [3.05, 3.63) is 150 Å². The summed E-state index contributed by atoms with van der Waals surface area (Å²) in [5.74, 6) is -1.26. The van der Waals surface area contributed by atoms with E-state index in [0.717, 1.165) is 11.1 Å². The quantitative estimate of drug-likeness (QED) is 0.0600. The van der Waals surface area contributed by atoms with E-state index < -0.39 is 43.3 Å². The summed E-state index contributed by atoms with van der Waals surface area (Å²) >= 11 is 36.5. The second-order valence-corrected chi connectivity index (χ2v) is 12.7. The molecule has 10 nitrogen and oxygen atoms in total. The fraction of sp³-hybridized carbons (Fsp3) is 0.188. The van der Waals surface area contributed by atoms with Gasteiger partial charge in [-0.05, 0) is 59.7 Å². The van der Waals surface area contributed by atoms with Crippen molar-refractivity contribution >= 4 is 92.9 Å². The number of nitrogens with zero attached hydrogens (tertiary/aromatic N) is 2. The lowest BCUT2D eigenvalue weighted by Crippen LogP contribution is -2.18. The van der Waals surface area contributed by atoms with Crippen LogP contribution in [-0.4, -0.2) is 45.8 Å². The Bertz CT molecular complexity index is 1570. The van der Waals surface area contributed by atoms with Crippen LogP contribution in [0.1, 0.15) is 42.6 Å². The number of halogens is 6. The lowest BCUT2D eigenvalue weighted by molar-refractivity contribution is -0.385. The molecular weight excluding hydrogens is 753 g/mol. The van der Waals surface area contributed by atoms with Crippen LogP contribution in [0.3, 0.4) is 0 Å². The molecule has 0 heterocycles. The van der Waals surface area contributed by atoms with Crippen molar-refractivity contribution in [1.29, 1.82) is 0 Å². The monoisotopic (exact) mass is 774 g/mol. The number of hydrogen-bond acceptors (Lipinski definition) is 8. The van der Waals surface area contributed by atoms with E-state index >= 15 is 0 Å². The van der Waals surface area contributed by atoms with Crippen LogP contribution in [0.5, 0.6) is 0 Å². The zero-order valence-electron chi connectivity index (χ0n) is 24.4. The van der Waals surface area contributed by atoms with Crippen LogP contribution in [-0.2, 0) is 9.47 Å². The van der Waals surface area contributed by atoms with E-state index in [4.69, 9.17) is 79.1 Å². The molecule has 4 atom stereocenters. The van der Waals surface area contributed by atoms with Crippen LogP contribution in [0, 0.1) is 20.2 Å². The summed E-state index contributed by atoms with van der Waals surface area (Å²) in [6.07, 6.45) is 0. The van der Waals surface area contributed by atoms with Gasteiger partial charge in [-0.2, -0.15) is 0 Å². The van der Waals surface area contributed by atoms with E-state index in [0.29, 0.717) is 10.0 Å². The number of ether oxygens (including phenoxy) is 2. The van der Waals surface area contributed by atoms with E-state index in [-0.39, 0.29) is 35.7 Å². The Morgan fingerprint density at radius 3 is 1.10 bits per heavy atom. The number of hydrogen-bond donors (Lipinski definition) is 0. The van der Waals surface area contributed by atoms with Crippen LogP contribution in [0.2, 0.25) is 10.0 Å². The van der Waals surface area contributed by atoms with Crippen LogP contribution >= 0.6 is 69.6 Å². The minimum atomic E-state index is -0.644. The molecule has 0 radical (unpaired) electrons. The van der Waals surface area contributed by atoms with Gasteiger partial charge in [-0.25, -0.2) is 9.59 Å². The number of alkyl halides is 4. The zero-order valence-corrected chi connectivity index (χ0v) is 28.9. The number of non-ortho nitro benzene ring substituents is 2. The Balaban J connectivity index is 0.000000260. The largest absolute Gasteiger partial charge is 0.460 e. The average molecular weight is 777 g/mol. The fourth-order valence-corrected chi connectivity index (χ4v) is 4.90. The summed E-state index contributed by atoms with van der Waals surface area (Å²) in [4.78, 5) is 43.9. The molecule has 4 aromatic rings. The van der Waals surface area contributed by atoms with Crippen molar-refractivity contribution < 1.29 is 28.9 Å². The molecule has 16 heteroatoms. The smallest absolute Gasteiger partial charge is 0.338 e. The Hall–Kier alpha value is -3.64. The van der Waals surface area contributed by atoms with Crippen LogP contribution in [0.15, 0.2) is 97.1 Å². The Kier molecular flexibility index (Phi) is 15.2. The number of rotatable bonds is 12. The molecule has 4 aromatic carbocycles. The molecule has 0 fully saturated rings. The molecule has 0 bridgehead atoms. The Morgan fingerprint density at radius 1 is 0.542 bits per heavy atom. The molecule has 0 N–H and O–H groups in total. The molecule has 4 rings (SSSR count). The van der Waals surface area contributed by atoms with Gasteiger partial charge in [-0.3, -0.25) is 20.2 Å². The van der Waals surface area contributed by atoms with Gasteiger partial charge in [0.2, 0.25) is 0 Å². The summed E-state index contributed by atoms with van der Waals surface area (Å²) in [5, 5.41) is 19.9. The third-order valence-electron chi connectivity index (χ3n) is 6.39. The van der Waals surface area contributed by atoms with Gasteiger partial charge in [-0.1, -0.05) is 47.5 Å². The van der Waals surface area contributed by atoms with Gasteiger partial charge >= 0.3 is 11.9 Å². The minimum absolute atomic E-state index is 0.103. The molecule has 0 aliphatic rings. The first kappa shape index (κ1) is 38.8. The molecule has 0 saturated heterocycles. The summed E-state index contributed by atoms with van der Waals surface area (Å²) in [6.45, 7) is -0.206. The number of benzene rings is 4. The van der Waals surface area contributed by atoms with Crippen molar-refractivity contribution in [2.24, 2.45) is 0 Å². The maximum atomic E-state index is 11.9. The lowest BCUT2D eigenvalue weighted by atomic mass is 10.1. The number of nitro groups is 2. The third kappa shape index (κ3) is 11.8. The summed E-state index contributed by atoms with van der Waals surface area (Å²) in [5.41, 5.74) is 1.69. The van der Waals surface area contributed by atoms with E-state index in [9.17, 15) is 29.8 Å². The second kappa shape index (κ2) is 18.8. The van der Waals surface area contributed by atoms with Gasteiger partial charge in [-0.15, -0.1) is 46.4 Å². The Labute approximate surface area is 304 Å². The number of carbonyl (C=O) groups is 2. The molecule has 48 heavy (non-hydrogen) atoms. The summed E-state index contributed by atoms with van der Waals surface area (Å²) in [6, 6.07) is 23.9. The molecule has 0 spiro atoms. The van der Waals surface area contributed by atoms with Gasteiger partial charge in [0.1, 0.15) is 13.2 Å². The standard InChI is InChI=1S/2C16H12Cl3NO4/c2*17-12-5-1-10(2-6-12)15(19)14(18)9-24-16(21)11-3-7-13(8-4-11)20(22)23/h2*1-8,14-15H,9H2/t2*14-,15+/m00/s1. The van der Waals surface area contributed by atoms with Crippen molar-refractivity contribution in [3.8, 4) is 0 Å². The van der Waals surface area contributed by atoms with E-state index in [1.54, 1.807) is 48.5 Å². The molecule has 0 amide bonds. The molecule has 0 aromatic heterocycles. The predicted molar refractivity (Wildman–Crippen MR) is 186 cm³/mol. The highest BCUT2D eigenvalue weighted by atomic mass is 35.5. The molecule has 0 aliphatic carbocycles. The van der Waals surface area contributed by atoms with E-state index in [2.05, 4.69) is 0 Å². The summed E-state index contributed by atoms with van der Waals surface area (Å²) in [7, 11) is 0.